The van der Waals surface area contributed by atoms with E-state index in [1.807, 2.05) is 42.5 Å². The fraction of sp³-hybridized carbons (Fsp3) is 0.222. The molecule has 0 saturated heterocycles. The lowest BCUT2D eigenvalue weighted by atomic mass is 10.2. The number of hydrogen-bond acceptors (Lipinski definition) is 3. The van der Waals surface area contributed by atoms with Gasteiger partial charge in [-0.25, -0.2) is 4.57 Å². The molecule has 0 bridgehead atoms. The predicted molar refractivity (Wildman–Crippen MR) is 90.5 cm³/mol. The highest BCUT2D eigenvalue weighted by Gasteiger charge is 2.29. The first-order chi connectivity index (χ1) is 10.7. The van der Waals surface area contributed by atoms with E-state index >= 15 is 0 Å². The van der Waals surface area contributed by atoms with Crippen LogP contribution in [0.5, 0.6) is 5.75 Å². The van der Waals surface area contributed by atoms with Gasteiger partial charge in [0.2, 0.25) is 0 Å². The highest BCUT2D eigenvalue weighted by molar-refractivity contribution is 7.62. The molecule has 22 heavy (non-hydrogen) atoms. The van der Waals surface area contributed by atoms with Crippen molar-refractivity contribution >= 4 is 12.9 Å². The summed E-state index contributed by atoms with van der Waals surface area (Å²) in [5, 5.41) is 0.541. The lowest BCUT2D eigenvalue weighted by Gasteiger charge is -2.18. The Bertz CT molecular complexity index is 623. The van der Waals surface area contributed by atoms with Gasteiger partial charge in [0.25, 0.3) is 0 Å². The smallest absolute Gasteiger partial charge is 0.421 e. The summed E-state index contributed by atoms with van der Waals surface area (Å²) in [6.45, 7) is 2.13. The molecule has 0 amide bonds. The van der Waals surface area contributed by atoms with Crippen LogP contribution in [0.1, 0.15) is 26.2 Å². The zero-order valence-electron chi connectivity index (χ0n) is 12.7. The van der Waals surface area contributed by atoms with Gasteiger partial charge < -0.3 is 9.05 Å². The molecule has 116 valence electrons. The van der Waals surface area contributed by atoms with E-state index < -0.39 is 7.60 Å². The molecule has 1 atom stereocenters. The van der Waals surface area contributed by atoms with Crippen LogP contribution in [0.2, 0.25) is 0 Å². The van der Waals surface area contributed by atoms with Crippen molar-refractivity contribution in [1.29, 1.82) is 0 Å². The maximum atomic E-state index is 13.1. The van der Waals surface area contributed by atoms with E-state index in [1.165, 1.54) is 6.26 Å². The average Bonchev–Trinajstić information content (AvgIpc) is 2.56. The minimum Gasteiger partial charge on any atom is -0.421 e. The van der Waals surface area contributed by atoms with Crippen molar-refractivity contribution in [2.75, 3.05) is 0 Å². The summed E-state index contributed by atoms with van der Waals surface area (Å²) in [6, 6.07) is 18.1. The van der Waals surface area contributed by atoms with Crippen LogP contribution in [-0.2, 0) is 9.09 Å². The largest absolute Gasteiger partial charge is 0.462 e. The Morgan fingerprint density at radius 1 is 1.00 bits per heavy atom. The SMILES string of the molecule is CCCCC=COP(=O)(Oc1ccccc1)c1ccccc1. The van der Waals surface area contributed by atoms with E-state index in [0.717, 1.165) is 19.3 Å². The van der Waals surface area contributed by atoms with Gasteiger partial charge in [-0.05, 0) is 43.2 Å². The van der Waals surface area contributed by atoms with Crippen molar-refractivity contribution in [3.63, 3.8) is 0 Å². The maximum Gasteiger partial charge on any atom is 0.462 e. The van der Waals surface area contributed by atoms with Crippen molar-refractivity contribution in [2.24, 2.45) is 0 Å². The number of allylic oxidation sites excluding steroid dienone is 1. The number of rotatable bonds is 8. The molecule has 1 unspecified atom stereocenters. The van der Waals surface area contributed by atoms with Crippen molar-refractivity contribution in [2.45, 2.75) is 26.2 Å². The Kier molecular flexibility index (Phi) is 6.29. The van der Waals surface area contributed by atoms with E-state index in [9.17, 15) is 4.57 Å². The quantitative estimate of drug-likeness (QED) is 0.376. The van der Waals surface area contributed by atoms with Crippen LogP contribution in [-0.4, -0.2) is 0 Å². The Balaban J connectivity index is 2.17. The number of para-hydroxylation sites is 1. The second-order valence-electron chi connectivity index (χ2n) is 4.86. The highest BCUT2D eigenvalue weighted by atomic mass is 31.2. The van der Waals surface area contributed by atoms with E-state index in [1.54, 1.807) is 24.3 Å². The topological polar surface area (TPSA) is 35.5 Å². The van der Waals surface area contributed by atoms with E-state index in [2.05, 4.69) is 6.92 Å². The monoisotopic (exact) mass is 316 g/mol. The first kappa shape index (κ1) is 16.4. The zero-order valence-corrected chi connectivity index (χ0v) is 13.6. The molecular weight excluding hydrogens is 295 g/mol. The van der Waals surface area contributed by atoms with Crippen LogP contribution in [0, 0.1) is 0 Å². The van der Waals surface area contributed by atoms with Crippen LogP contribution in [0.3, 0.4) is 0 Å². The van der Waals surface area contributed by atoms with Gasteiger partial charge in [-0.3, -0.25) is 0 Å². The second kappa shape index (κ2) is 8.45. The molecule has 0 aliphatic heterocycles. The fourth-order valence-electron chi connectivity index (χ4n) is 1.88. The van der Waals surface area contributed by atoms with Gasteiger partial charge in [-0.15, -0.1) is 0 Å². The molecule has 0 aliphatic carbocycles. The normalized spacial score (nSPS) is 13.7. The van der Waals surface area contributed by atoms with Crippen LogP contribution in [0.25, 0.3) is 0 Å². The Hall–Kier alpha value is -1.99. The average molecular weight is 316 g/mol. The molecule has 0 heterocycles. The van der Waals surface area contributed by atoms with Gasteiger partial charge in [0.15, 0.2) is 0 Å². The lowest BCUT2D eigenvalue weighted by molar-refractivity contribution is 0.366. The first-order valence-corrected chi connectivity index (χ1v) is 9.02. The van der Waals surface area contributed by atoms with E-state index in [0.29, 0.717) is 11.1 Å². The molecule has 2 aromatic carbocycles. The number of hydrogen-bond donors (Lipinski definition) is 0. The Morgan fingerprint density at radius 2 is 1.64 bits per heavy atom. The van der Waals surface area contributed by atoms with Gasteiger partial charge >= 0.3 is 7.60 Å². The molecule has 0 fully saturated rings. The maximum absolute atomic E-state index is 13.1. The molecular formula is C18H21O3P. The second-order valence-corrected chi connectivity index (χ2v) is 6.76. The number of benzene rings is 2. The van der Waals surface area contributed by atoms with Crippen molar-refractivity contribution < 1.29 is 13.6 Å². The highest BCUT2D eigenvalue weighted by Crippen LogP contribution is 2.47. The lowest BCUT2D eigenvalue weighted by Crippen LogP contribution is -2.10. The van der Waals surface area contributed by atoms with Gasteiger partial charge in [0.05, 0.1) is 11.6 Å². The summed E-state index contributed by atoms with van der Waals surface area (Å²) in [7, 11) is -3.43. The summed E-state index contributed by atoms with van der Waals surface area (Å²) in [5.41, 5.74) is 0. The minimum atomic E-state index is -3.43. The molecule has 0 aliphatic rings. The molecule has 3 nitrogen and oxygen atoms in total. The van der Waals surface area contributed by atoms with Crippen LogP contribution < -0.4 is 9.83 Å². The van der Waals surface area contributed by atoms with Crippen molar-refractivity contribution in [1.82, 2.24) is 0 Å². The molecule has 4 heteroatoms. The summed E-state index contributed by atoms with van der Waals surface area (Å²) in [6.07, 6.45) is 6.46. The molecule has 0 aromatic heterocycles. The summed E-state index contributed by atoms with van der Waals surface area (Å²) >= 11 is 0. The molecule has 2 aromatic rings. The van der Waals surface area contributed by atoms with Gasteiger partial charge in [-0.1, -0.05) is 49.7 Å². The standard InChI is InChI=1S/C18H21O3P/c1-2-3-4-11-16-20-22(19,18-14-9-6-10-15-18)21-17-12-7-5-8-13-17/h5-16H,2-4H2,1H3. The third-order valence-corrected chi connectivity index (χ3v) is 4.84. The Labute approximate surface area is 132 Å². The molecule has 0 radical (unpaired) electrons. The Morgan fingerprint density at radius 3 is 2.27 bits per heavy atom. The van der Waals surface area contributed by atoms with Crippen molar-refractivity contribution in [3.8, 4) is 5.75 Å². The summed E-state index contributed by atoms with van der Waals surface area (Å²) in [5.74, 6) is 0.525. The summed E-state index contributed by atoms with van der Waals surface area (Å²) in [4.78, 5) is 0. The third-order valence-electron chi connectivity index (χ3n) is 3.06. The van der Waals surface area contributed by atoms with Crippen LogP contribution in [0.4, 0.5) is 0 Å². The molecule has 0 saturated carbocycles. The van der Waals surface area contributed by atoms with Crippen molar-refractivity contribution in [3.05, 3.63) is 73.0 Å². The molecule has 0 N–H and O–H groups in total. The van der Waals surface area contributed by atoms with Gasteiger partial charge in [-0.2, -0.15) is 0 Å². The van der Waals surface area contributed by atoms with Crippen LogP contribution >= 0.6 is 7.60 Å². The minimum absolute atomic E-state index is 0.525. The summed E-state index contributed by atoms with van der Waals surface area (Å²) < 4.78 is 24.3. The molecule has 0 spiro atoms. The van der Waals surface area contributed by atoms with E-state index in [4.69, 9.17) is 9.05 Å². The van der Waals surface area contributed by atoms with Gasteiger partial charge in [0.1, 0.15) is 5.75 Å². The third kappa shape index (κ3) is 4.78. The molecule has 2 rings (SSSR count). The number of unbranched alkanes of at least 4 members (excludes halogenated alkanes) is 2. The van der Waals surface area contributed by atoms with Crippen LogP contribution in [0.15, 0.2) is 73.0 Å². The fourth-order valence-corrected chi connectivity index (χ4v) is 3.33. The predicted octanol–water partition coefficient (Wildman–Crippen LogP) is 5.30. The van der Waals surface area contributed by atoms with E-state index in [-0.39, 0.29) is 0 Å². The zero-order chi connectivity index (χ0) is 15.7. The first-order valence-electron chi connectivity index (χ1n) is 7.48. The van der Waals surface area contributed by atoms with Gasteiger partial charge in [0, 0.05) is 0 Å².